The number of amides is 3. The Balaban J connectivity index is 1.35. The summed E-state index contributed by atoms with van der Waals surface area (Å²) >= 11 is 0. The number of nitrogens with zero attached hydrogens (tertiary/aromatic N) is 2. The summed E-state index contributed by atoms with van der Waals surface area (Å²) in [6.07, 6.45) is 5.78. The molecule has 2 heterocycles. The van der Waals surface area contributed by atoms with Gasteiger partial charge in [-0.05, 0) is 54.8 Å². The van der Waals surface area contributed by atoms with Gasteiger partial charge in [-0.2, -0.15) is 0 Å². The lowest BCUT2D eigenvalue weighted by molar-refractivity contribution is -0.130. The van der Waals surface area contributed by atoms with Gasteiger partial charge < -0.3 is 15.5 Å². The van der Waals surface area contributed by atoms with Gasteiger partial charge in [0.05, 0.1) is 11.4 Å². The highest BCUT2D eigenvalue weighted by Gasteiger charge is 2.27. The van der Waals surface area contributed by atoms with Crippen LogP contribution >= 0.6 is 0 Å². The number of anilines is 2. The van der Waals surface area contributed by atoms with Crippen LogP contribution in [0.2, 0.25) is 0 Å². The van der Waals surface area contributed by atoms with E-state index in [-0.39, 0.29) is 34.8 Å². The number of carbonyl (C=O) groups excluding carboxylic acids is 3. The molecule has 8 heteroatoms. The zero-order valence-electron chi connectivity index (χ0n) is 19.0. The lowest BCUT2D eigenvalue weighted by Crippen LogP contribution is -2.40. The summed E-state index contributed by atoms with van der Waals surface area (Å²) < 4.78 is 13.9. The van der Waals surface area contributed by atoms with Crippen molar-refractivity contribution in [3.05, 3.63) is 96.1 Å². The van der Waals surface area contributed by atoms with Gasteiger partial charge in [0.25, 0.3) is 5.91 Å². The highest BCUT2D eigenvalue weighted by atomic mass is 19.1. The van der Waals surface area contributed by atoms with Crippen LogP contribution in [-0.4, -0.2) is 40.7 Å². The second-order valence-electron chi connectivity index (χ2n) is 8.19. The molecular formula is C27H25FN4O3. The Morgan fingerprint density at radius 1 is 0.914 bits per heavy atom. The molecule has 178 valence electrons. The Morgan fingerprint density at radius 2 is 1.66 bits per heavy atom. The maximum atomic E-state index is 13.9. The minimum absolute atomic E-state index is 0.0997. The quantitative estimate of drug-likeness (QED) is 0.522. The molecule has 0 aliphatic carbocycles. The van der Waals surface area contributed by atoms with Crippen molar-refractivity contribution in [1.82, 2.24) is 9.88 Å². The van der Waals surface area contributed by atoms with Crippen molar-refractivity contribution >= 4 is 35.2 Å². The van der Waals surface area contributed by atoms with Crippen molar-refractivity contribution < 1.29 is 18.8 Å². The number of benzene rings is 2. The summed E-state index contributed by atoms with van der Waals surface area (Å²) in [5.41, 5.74) is 1.58. The van der Waals surface area contributed by atoms with E-state index in [2.05, 4.69) is 15.6 Å². The molecule has 1 saturated heterocycles. The largest absolute Gasteiger partial charge is 0.339 e. The first-order valence-corrected chi connectivity index (χ1v) is 11.3. The van der Waals surface area contributed by atoms with E-state index in [0.717, 1.165) is 5.56 Å². The standard InChI is InChI=1S/C27H25FN4O3/c28-21-10-11-22(30-27(35)23-8-4-5-15-29-23)24(18-21)31-26(34)20-13-16-32(17-14-20)25(33)12-9-19-6-2-1-3-7-19/h1-12,15,18,20H,13-14,16-17H2,(H,30,35)(H,31,34)/b12-9+. The van der Waals surface area contributed by atoms with Gasteiger partial charge in [0.15, 0.2) is 0 Å². The van der Waals surface area contributed by atoms with E-state index in [1.54, 1.807) is 35.3 Å². The Hall–Kier alpha value is -4.33. The number of hydrogen-bond acceptors (Lipinski definition) is 4. The molecule has 4 rings (SSSR count). The number of carbonyl (C=O) groups is 3. The van der Waals surface area contributed by atoms with Crippen LogP contribution in [-0.2, 0) is 9.59 Å². The SMILES string of the molecule is O=C(Nc1ccc(F)cc1NC(=O)C1CCN(C(=O)/C=C/c2ccccc2)CC1)c1ccccn1. The summed E-state index contributed by atoms with van der Waals surface area (Å²) in [5, 5.41) is 5.41. The van der Waals surface area contributed by atoms with Crippen molar-refractivity contribution in [2.24, 2.45) is 5.92 Å². The molecule has 0 bridgehead atoms. The maximum absolute atomic E-state index is 13.9. The van der Waals surface area contributed by atoms with Crippen molar-refractivity contribution in [2.45, 2.75) is 12.8 Å². The number of likely N-dealkylation sites (tertiary alicyclic amines) is 1. The van der Waals surface area contributed by atoms with Gasteiger partial charge in [0.2, 0.25) is 11.8 Å². The number of rotatable bonds is 6. The first-order chi connectivity index (χ1) is 17.0. The van der Waals surface area contributed by atoms with Crippen LogP contribution in [0.5, 0.6) is 0 Å². The fraction of sp³-hybridized carbons (Fsp3) is 0.185. The number of piperidine rings is 1. The van der Waals surface area contributed by atoms with E-state index in [9.17, 15) is 18.8 Å². The first-order valence-electron chi connectivity index (χ1n) is 11.3. The molecular weight excluding hydrogens is 447 g/mol. The average molecular weight is 473 g/mol. The third kappa shape index (κ3) is 6.38. The Labute approximate surface area is 202 Å². The highest BCUT2D eigenvalue weighted by Crippen LogP contribution is 2.26. The summed E-state index contributed by atoms with van der Waals surface area (Å²) in [7, 11) is 0. The van der Waals surface area contributed by atoms with Gasteiger partial charge >= 0.3 is 0 Å². The second kappa shape index (κ2) is 11.2. The Morgan fingerprint density at radius 3 is 2.37 bits per heavy atom. The lowest BCUT2D eigenvalue weighted by Gasteiger charge is -2.30. The summed E-state index contributed by atoms with van der Waals surface area (Å²) in [4.78, 5) is 43.6. The summed E-state index contributed by atoms with van der Waals surface area (Å²) in [6, 6.07) is 18.3. The molecule has 3 amide bonds. The number of halogens is 1. The fourth-order valence-corrected chi connectivity index (χ4v) is 3.85. The highest BCUT2D eigenvalue weighted by molar-refractivity contribution is 6.06. The summed E-state index contributed by atoms with van der Waals surface area (Å²) in [5.74, 6) is -1.72. The monoisotopic (exact) mass is 472 g/mol. The van der Waals surface area contributed by atoms with Gasteiger partial charge in [-0.3, -0.25) is 19.4 Å². The molecule has 7 nitrogen and oxygen atoms in total. The van der Waals surface area contributed by atoms with Crippen LogP contribution in [0.15, 0.2) is 79.0 Å². The van der Waals surface area contributed by atoms with Crippen LogP contribution in [0.25, 0.3) is 6.08 Å². The van der Waals surface area contributed by atoms with E-state index in [1.165, 1.54) is 24.4 Å². The van der Waals surface area contributed by atoms with Gasteiger partial charge in [0, 0.05) is 31.3 Å². The van der Waals surface area contributed by atoms with E-state index in [0.29, 0.717) is 25.9 Å². The smallest absolute Gasteiger partial charge is 0.274 e. The third-order valence-electron chi connectivity index (χ3n) is 5.78. The normalized spacial score (nSPS) is 14.0. The topological polar surface area (TPSA) is 91.4 Å². The lowest BCUT2D eigenvalue weighted by atomic mass is 9.95. The molecule has 0 saturated carbocycles. The van der Waals surface area contributed by atoms with Crippen molar-refractivity contribution in [3.63, 3.8) is 0 Å². The molecule has 0 unspecified atom stereocenters. The van der Waals surface area contributed by atoms with E-state index >= 15 is 0 Å². The number of hydrogen-bond donors (Lipinski definition) is 2. The molecule has 0 atom stereocenters. The van der Waals surface area contributed by atoms with Crippen LogP contribution < -0.4 is 10.6 Å². The van der Waals surface area contributed by atoms with Crippen LogP contribution in [0.1, 0.15) is 28.9 Å². The molecule has 3 aromatic rings. The molecule has 35 heavy (non-hydrogen) atoms. The van der Waals surface area contributed by atoms with Crippen molar-refractivity contribution in [1.29, 1.82) is 0 Å². The van der Waals surface area contributed by atoms with E-state index in [1.807, 2.05) is 30.3 Å². The van der Waals surface area contributed by atoms with Gasteiger partial charge in [-0.25, -0.2) is 4.39 Å². The Kier molecular flexibility index (Phi) is 7.62. The van der Waals surface area contributed by atoms with Crippen LogP contribution in [0.4, 0.5) is 15.8 Å². The number of nitrogens with one attached hydrogen (secondary N) is 2. The molecule has 1 aromatic heterocycles. The zero-order valence-corrected chi connectivity index (χ0v) is 19.0. The van der Waals surface area contributed by atoms with Gasteiger partial charge in [-0.1, -0.05) is 36.4 Å². The summed E-state index contributed by atoms with van der Waals surface area (Å²) in [6.45, 7) is 0.894. The zero-order chi connectivity index (χ0) is 24.6. The molecule has 1 aliphatic rings. The Bertz CT molecular complexity index is 1220. The molecule has 1 fully saturated rings. The predicted molar refractivity (Wildman–Crippen MR) is 132 cm³/mol. The molecule has 2 N–H and O–H groups in total. The second-order valence-corrected chi connectivity index (χ2v) is 8.19. The van der Waals surface area contributed by atoms with Gasteiger partial charge in [-0.15, -0.1) is 0 Å². The molecule has 1 aliphatic heterocycles. The average Bonchev–Trinajstić information content (AvgIpc) is 2.90. The predicted octanol–water partition coefficient (Wildman–Crippen LogP) is 4.36. The number of pyridine rings is 1. The van der Waals surface area contributed by atoms with Crippen LogP contribution in [0.3, 0.4) is 0 Å². The minimum Gasteiger partial charge on any atom is -0.339 e. The van der Waals surface area contributed by atoms with E-state index in [4.69, 9.17) is 0 Å². The van der Waals surface area contributed by atoms with Crippen LogP contribution in [0, 0.1) is 11.7 Å². The molecule has 0 radical (unpaired) electrons. The third-order valence-corrected chi connectivity index (χ3v) is 5.78. The van der Waals surface area contributed by atoms with Crippen molar-refractivity contribution in [3.8, 4) is 0 Å². The first kappa shape index (κ1) is 23.8. The molecule has 2 aromatic carbocycles. The van der Waals surface area contributed by atoms with Crippen molar-refractivity contribution in [2.75, 3.05) is 23.7 Å². The number of aromatic nitrogens is 1. The fourth-order valence-electron chi connectivity index (χ4n) is 3.85. The van der Waals surface area contributed by atoms with E-state index < -0.39 is 11.7 Å². The minimum atomic E-state index is -0.540. The molecule has 0 spiro atoms. The van der Waals surface area contributed by atoms with Gasteiger partial charge in [0.1, 0.15) is 11.5 Å². The maximum Gasteiger partial charge on any atom is 0.274 e.